The Labute approximate surface area is 111 Å². The monoisotopic (exact) mass is 267 g/mol. The van der Waals surface area contributed by atoms with Gasteiger partial charge in [-0.05, 0) is 36.1 Å². The van der Waals surface area contributed by atoms with Gasteiger partial charge in [0, 0.05) is 25.3 Å². The van der Waals surface area contributed by atoms with Crippen molar-refractivity contribution < 1.29 is 14.3 Å². The van der Waals surface area contributed by atoms with Gasteiger partial charge in [-0.15, -0.1) is 0 Å². The lowest BCUT2D eigenvalue weighted by molar-refractivity contribution is 0.185. The number of nitrogens with zero attached hydrogens (tertiary/aromatic N) is 1. The van der Waals surface area contributed by atoms with Crippen LogP contribution in [-0.2, 0) is 11.3 Å². The molecule has 1 unspecified atom stereocenters. The lowest BCUT2D eigenvalue weighted by Gasteiger charge is -2.10. The molecule has 5 nitrogen and oxygen atoms in total. The molecule has 1 fully saturated rings. The van der Waals surface area contributed by atoms with Gasteiger partial charge in [0.15, 0.2) is 5.84 Å². The van der Waals surface area contributed by atoms with Crippen molar-refractivity contribution in [3.8, 4) is 0 Å². The molecule has 0 amide bonds. The highest BCUT2D eigenvalue weighted by molar-refractivity contribution is 5.97. The molecule has 0 bridgehead atoms. The molecule has 1 saturated heterocycles. The maximum atomic E-state index is 13.4. The van der Waals surface area contributed by atoms with Crippen molar-refractivity contribution in [2.45, 2.75) is 13.0 Å². The third-order valence-electron chi connectivity index (χ3n) is 3.15. The van der Waals surface area contributed by atoms with Gasteiger partial charge < -0.3 is 21.0 Å². The second kappa shape index (κ2) is 6.49. The smallest absolute Gasteiger partial charge is 0.170 e. The summed E-state index contributed by atoms with van der Waals surface area (Å²) < 4.78 is 18.7. The molecule has 1 aromatic rings. The van der Waals surface area contributed by atoms with Crippen LogP contribution in [0.2, 0.25) is 0 Å². The van der Waals surface area contributed by atoms with Crippen LogP contribution in [0.25, 0.3) is 0 Å². The molecule has 1 aromatic carbocycles. The summed E-state index contributed by atoms with van der Waals surface area (Å²) in [5.41, 5.74) is 6.60. The number of benzene rings is 1. The first-order valence-electron chi connectivity index (χ1n) is 6.25. The zero-order chi connectivity index (χ0) is 13.7. The van der Waals surface area contributed by atoms with E-state index in [4.69, 9.17) is 15.7 Å². The highest BCUT2D eigenvalue weighted by atomic mass is 19.1. The van der Waals surface area contributed by atoms with Crippen LogP contribution in [0.4, 0.5) is 4.39 Å². The minimum atomic E-state index is -0.398. The SMILES string of the molecule is N/C(=N/O)c1cc(F)cc(CNCC2CCOC2)c1. The van der Waals surface area contributed by atoms with Crippen molar-refractivity contribution >= 4 is 5.84 Å². The minimum absolute atomic E-state index is 0.0926. The first-order valence-corrected chi connectivity index (χ1v) is 6.25. The van der Waals surface area contributed by atoms with Crippen molar-refractivity contribution in [3.63, 3.8) is 0 Å². The topological polar surface area (TPSA) is 79.9 Å². The molecule has 0 aromatic heterocycles. The molecule has 104 valence electrons. The summed E-state index contributed by atoms with van der Waals surface area (Å²) in [6.45, 7) is 2.99. The Bertz CT molecular complexity index is 459. The average Bonchev–Trinajstić information content (AvgIpc) is 2.90. The number of halogens is 1. The van der Waals surface area contributed by atoms with E-state index >= 15 is 0 Å². The number of oxime groups is 1. The number of nitrogens with two attached hydrogens (primary N) is 1. The van der Waals surface area contributed by atoms with Gasteiger partial charge in [-0.1, -0.05) is 5.16 Å². The van der Waals surface area contributed by atoms with Crippen molar-refractivity contribution in [3.05, 3.63) is 35.1 Å². The minimum Gasteiger partial charge on any atom is -0.409 e. The quantitative estimate of drug-likeness (QED) is 0.322. The highest BCUT2D eigenvalue weighted by Crippen LogP contribution is 2.12. The van der Waals surface area contributed by atoms with Crippen LogP contribution < -0.4 is 11.1 Å². The fourth-order valence-electron chi connectivity index (χ4n) is 2.12. The van der Waals surface area contributed by atoms with Gasteiger partial charge in [0.05, 0.1) is 6.61 Å². The van der Waals surface area contributed by atoms with Gasteiger partial charge in [-0.3, -0.25) is 0 Å². The fraction of sp³-hybridized carbons (Fsp3) is 0.462. The molecular formula is C13H18FN3O2. The van der Waals surface area contributed by atoms with Crippen LogP contribution in [0, 0.1) is 11.7 Å². The van der Waals surface area contributed by atoms with E-state index in [1.165, 1.54) is 12.1 Å². The Morgan fingerprint density at radius 3 is 3.05 bits per heavy atom. The van der Waals surface area contributed by atoms with Crippen LogP contribution in [0.3, 0.4) is 0 Å². The summed E-state index contributed by atoms with van der Waals surface area (Å²) in [7, 11) is 0. The maximum Gasteiger partial charge on any atom is 0.170 e. The Hall–Kier alpha value is -1.66. The van der Waals surface area contributed by atoms with Crippen molar-refractivity contribution in [1.82, 2.24) is 5.32 Å². The first kappa shape index (κ1) is 13.8. The number of rotatable bonds is 5. The zero-order valence-electron chi connectivity index (χ0n) is 10.6. The molecule has 0 radical (unpaired) electrons. The van der Waals surface area contributed by atoms with Crippen molar-refractivity contribution in [2.75, 3.05) is 19.8 Å². The molecule has 6 heteroatoms. The number of ether oxygens (including phenoxy) is 1. The van der Waals surface area contributed by atoms with Crippen LogP contribution in [0.5, 0.6) is 0 Å². The zero-order valence-corrected chi connectivity index (χ0v) is 10.6. The normalized spacial score (nSPS) is 19.8. The molecule has 1 heterocycles. The summed E-state index contributed by atoms with van der Waals surface area (Å²) in [6, 6.07) is 4.38. The molecule has 1 aliphatic heterocycles. The predicted octanol–water partition coefficient (Wildman–Crippen LogP) is 1.05. The summed E-state index contributed by atoms with van der Waals surface area (Å²) in [5, 5.41) is 14.7. The van der Waals surface area contributed by atoms with E-state index in [0.29, 0.717) is 18.0 Å². The molecule has 4 N–H and O–H groups in total. The van der Waals surface area contributed by atoms with Gasteiger partial charge in [0.1, 0.15) is 5.82 Å². The fourth-order valence-corrected chi connectivity index (χ4v) is 2.12. The number of hydrogen-bond acceptors (Lipinski definition) is 4. The molecular weight excluding hydrogens is 249 g/mol. The van der Waals surface area contributed by atoms with E-state index in [1.54, 1.807) is 6.07 Å². The molecule has 19 heavy (non-hydrogen) atoms. The van der Waals surface area contributed by atoms with Gasteiger partial charge in [0.2, 0.25) is 0 Å². The molecule has 2 rings (SSSR count). The van der Waals surface area contributed by atoms with Gasteiger partial charge in [-0.2, -0.15) is 0 Å². The van der Waals surface area contributed by atoms with Crippen molar-refractivity contribution in [1.29, 1.82) is 0 Å². The largest absolute Gasteiger partial charge is 0.409 e. The number of nitrogens with one attached hydrogen (secondary N) is 1. The third-order valence-corrected chi connectivity index (χ3v) is 3.15. The van der Waals surface area contributed by atoms with Gasteiger partial charge in [-0.25, -0.2) is 4.39 Å². The third kappa shape index (κ3) is 3.90. The Morgan fingerprint density at radius 1 is 1.53 bits per heavy atom. The summed E-state index contributed by atoms with van der Waals surface area (Å²) in [5.74, 6) is 0.0344. The van der Waals surface area contributed by atoms with Crippen LogP contribution in [0.1, 0.15) is 17.5 Å². The van der Waals surface area contributed by atoms with Crippen LogP contribution in [0.15, 0.2) is 23.4 Å². The lowest BCUT2D eigenvalue weighted by atomic mass is 10.1. The maximum absolute atomic E-state index is 13.4. The summed E-state index contributed by atoms with van der Waals surface area (Å²) in [6.07, 6.45) is 1.06. The second-order valence-electron chi connectivity index (χ2n) is 4.69. The summed E-state index contributed by atoms with van der Waals surface area (Å²) >= 11 is 0. The molecule has 0 aliphatic carbocycles. The van der Waals surface area contributed by atoms with E-state index < -0.39 is 5.82 Å². The number of amidine groups is 1. The Balaban J connectivity index is 1.93. The highest BCUT2D eigenvalue weighted by Gasteiger charge is 2.14. The summed E-state index contributed by atoms with van der Waals surface area (Å²) in [4.78, 5) is 0. The lowest BCUT2D eigenvalue weighted by Crippen LogP contribution is -2.23. The van der Waals surface area contributed by atoms with E-state index in [9.17, 15) is 4.39 Å². The van der Waals surface area contributed by atoms with Gasteiger partial charge >= 0.3 is 0 Å². The molecule has 0 saturated carbocycles. The van der Waals surface area contributed by atoms with Gasteiger partial charge in [0.25, 0.3) is 0 Å². The molecule has 0 spiro atoms. The Morgan fingerprint density at radius 2 is 2.37 bits per heavy atom. The van der Waals surface area contributed by atoms with E-state index in [2.05, 4.69) is 10.5 Å². The van der Waals surface area contributed by atoms with Crippen LogP contribution in [-0.4, -0.2) is 30.8 Å². The van der Waals surface area contributed by atoms with E-state index in [0.717, 1.165) is 31.7 Å². The average molecular weight is 267 g/mol. The van der Waals surface area contributed by atoms with Crippen molar-refractivity contribution in [2.24, 2.45) is 16.8 Å². The van der Waals surface area contributed by atoms with E-state index in [-0.39, 0.29) is 5.84 Å². The molecule has 1 atom stereocenters. The first-order chi connectivity index (χ1) is 9.19. The molecule has 1 aliphatic rings. The second-order valence-corrected chi connectivity index (χ2v) is 4.69. The standard InChI is InChI=1S/C13H18FN3O2/c14-12-4-10(3-11(5-12)13(15)17-18)7-16-6-9-1-2-19-8-9/h3-5,9,16,18H,1-2,6-8H2,(H2,15,17). The Kier molecular flexibility index (Phi) is 4.70. The van der Waals surface area contributed by atoms with Crippen LogP contribution >= 0.6 is 0 Å². The number of hydrogen-bond donors (Lipinski definition) is 3. The predicted molar refractivity (Wildman–Crippen MR) is 69.5 cm³/mol. The van der Waals surface area contributed by atoms with E-state index in [1.807, 2.05) is 0 Å².